The van der Waals surface area contributed by atoms with Crippen molar-refractivity contribution in [3.63, 3.8) is 0 Å². The molecule has 0 aliphatic carbocycles. The molecule has 45 heavy (non-hydrogen) atoms. The Bertz CT molecular complexity index is 1150. The van der Waals surface area contributed by atoms with Crippen LogP contribution >= 0.6 is 0 Å². The molecule has 0 saturated carbocycles. The molecule has 0 aromatic heterocycles. The number of benzene rings is 1. The summed E-state index contributed by atoms with van der Waals surface area (Å²) in [6.45, 7) is 9.42. The minimum absolute atomic E-state index is 0.00310. The summed E-state index contributed by atoms with van der Waals surface area (Å²) in [7, 11) is 4.83. The fourth-order valence-corrected chi connectivity index (χ4v) is 7.17. The summed E-state index contributed by atoms with van der Waals surface area (Å²) in [6.07, 6.45) is 0.557. The zero-order valence-electron chi connectivity index (χ0n) is 28.2. The lowest BCUT2D eigenvalue weighted by Crippen LogP contribution is -2.58. The zero-order valence-corrected chi connectivity index (χ0v) is 28.2. The van der Waals surface area contributed by atoms with Gasteiger partial charge in [-0.25, -0.2) is 0 Å². The van der Waals surface area contributed by atoms with Crippen LogP contribution in [0.15, 0.2) is 30.3 Å². The van der Waals surface area contributed by atoms with Crippen molar-refractivity contribution in [2.45, 2.75) is 109 Å². The van der Waals surface area contributed by atoms with Crippen molar-refractivity contribution < 1.29 is 33.8 Å². The van der Waals surface area contributed by atoms with Crippen molar-refractivity contribution in [2.75, 3.05) is 27.8 Å². The topological polar surface area (TPSA) is 138 Å². The van der Waals surface area contributed by atoms with Crippen molar-refractivity contribution >= 4 is 23.6 Å². The lowest BCUT2D eigenvalue weighted by Gasteiger charge is -2.44. The van der Waals surface area contributed by atoms with Gasteiger partial charge in [-0.05, 0) is 43.6 Å². The molecule has 3 N–H and O–H groups in total. The van der Waals surface area contributed by atoms with E-state index in [4.69, 9.17) is 9.47 Å². The number of carbonyl (C=O) groups is 4. The van der Waals surface area contributed by atoms with E-state index in [9.17, 15) is 24.3 Å². The van der Waals surface area contributed by atoms with Gasteiger partial charge in [-0.15, -0.1) is 0 Å². The quantitative estimate of drug-likeness (QED) is 0.305. The third-order valence-corrected chi connectivity index (χ3v) is 9.53. The standard InChI is InChI=1S/C34H54N4O7/c1-20(2)16-28(39)35-19-30(41)37(6)31-21(3)17-25-14-15-26(38(25)29(40)18-27(31)44-7)33(45-8)22(4)34(43)36-23(5)32(42)24-12-10-9-11-13-24/h9-13,20-23,25-27,31-33,42H,14-19H2,1-8H3,(H,35,39)(H,36,43)/t21-,22+,23+,25?,26-,27+,31-,32+,33+/m0/s1. The summed E-state index contributed by atoms with van der Waals surface area (Å²) >= 11 is 0. The highest BCUT2D eigenvalue weighted by molar-refractivity contribution is 5.85. The molecule has 3 rings (SSSR count). The minimum Gasteiger partial charge on any atom is -0.386 e. The summed E-state index contributed by atoms with van der Waals surface area (Å²) in [5.41, 5.74) is 0.717. The Kier molecular flexibility index (Phi) is 13.4. The molecule has 11 heteroatoms. The highest BCUT2D eigenvalue weighted by atomic mass is 16.5. The largest absolute Gasteiger partial charge is 0.386 e. The monoisotopic (exact) mass is 630 g/mol. The van der Waals surface area contributed by atoms with Gasteiger partial charge in [-0.3, -0.25) is 19.2 Å². The fraction of sp³-hybridized carbons (Fsp3) is 0.706. The van der Waals surface area contributed by atoms with E-state index in [1.807, 2.05) is 49.1 Å². The second-order valence-corrected chi connectivity index (χ2v) is 13.3. The Morgan fingerprint density at radius 2 is 1.76 bits per heavy atom. The number of carbonyl (C=O) groups excluding carboxylic acids is 4. The molecular weight excluding hydrogens is 576 g/mol. The number of nitrogens with zero attached hydrogens (tertiary/aromatic N) is 2. The number of ether oxygens (including phenoxy) is 2. The first-order valence-electron chi connectivity index (χ1n) is 16.2. The van der Waals surface area contributed by atoms with Gasteiger partial charge in [0.25, 0.3) is 0 Å². The first kappa shape index (κ1) is 36.4. The van der Waals surface area contributed by atoms with Crippen molar-refractivity contribution in [3.8, 4) is 0 Å². The molecule has 0 radical (unpaired) electrons. The van der Waals surface area contributed by atoms with Gasteiger partial charge in [0, 0.05) is 33.7 Å². The fourth-order valence-electron chi connectivity index (χ4n) is 7.17. The predicted octanol–water partition coefficient (Wildman–Crippen LogP) is 2.67. The van der Waals surface area contributed by atoms with Gasteiger partial charge in [-0.2, -0.15) is 0 Å². The Labute approximate surface area is 268 Å². The molecule has 252 valence electrons. The molecule has 1 unspecified atom stereocenters. The number of aliphatic hydroxyl groups excluding tert-OH is 1. The molecule has 2 saturated heterocycles. The number of aliphatic hydroxyl groups is 1. The second-order valence-electron chi connectivity index (χ2n) is 13.3. The summed E-state index contributed by atoms with van der Waals surface area (Å²) in [5, 5.41) is 16.4. The number of hydrogen-bond acceptors (Lipinski definition) is 7. The molecule has 2 fully saturated rings. The maximum atomic E-state index is 13.9. The second kappa shape index (κ2) is 16.5. The average Bonchev–Trinajstić information content (AvgIpc) is 3.40. The Balaban J connectivity index is 1.71. The molecule has 0 spiro atoms. The van der Waals surface area contributed by atoms with Crippen LogP contribution in [-0.4, -0.2) is 103 Å². The summed E-state index contributed by atoms with van der Waals surface area (Å²) in [5.74, 6) is -1.14. The van der Waals surface area contributed by atoms with Crippen LogP contribution in [0.2, 0.25) is 0 Å². The van der Waals surface area contributed by atoms with Gasteiger partial charge < -0.3 is 35.0 Å². The summed E-state index contributed by atoms with van der Waals surface area (Å²) in [4.78, 5) is 56.1. The average molecular weight is 631 g/mol. The minimum atomic E-state index is -0.864. The van der Waals surface area contributed by atoms with Gasteiger partial charge >= 0.3 is 0 Å². The van der Waals surface area contributed by atoms with Crippen LogP contribution in [0.3, 0.4) is 0 Å². The van der Waals surface area contributed by atoms with E-state index >= 15 is 0 Å². The third kappa shape index (κ3) is 9.04. The Morgan fingerprint density at radius 1 is 1.09 bits per heavy atom. The Hall–Kier alpha value is -3.02. The normalized spacial score (nSPS) is 26.2. The van der Waals surface area contributed by atoms with E-state index < -0.39 is 30.3 Å². The van der Waals surface area contributed by atoms with E-state index in [2.05, 4.69) is 17.6 Å². The number of fused-ring (bicyclic) bond motifs is 1. The Morgan fingerprint density at radius 3 is 2.36 bits per heavy atom. The van der Waals surface area contributed by atoms with Gasteiger partial charge in [0.2, 0.25) is 23.6 Å². The lowest BCUT2D eigenvalue weighted by molar-refractivity contribution is -0.151. The first-order chi connectivity index (χ1) is 21.3. The smallest absolute Gasteiger partial charge is 0.242 e. The number of amides is 4. The van der Waals surface area contributed by atoms with Crippen LogP contribution in [0.5, 0.6) is 0 Å². The van der Waals surface area contributed by atoms with Crippen LogP contribution in [0, 0.1) is 17.8 Å². The van der Waals surface area contributed by atoms with Crippen LogP contribution in [0.4, 0.5) is 0 Å². The third-order valence-electron chi connectivity index (χ3n) is 9.53. The number of methoxy groups -OCH3 is 2. The van der Waals surface area contributed by atoms with E-state index in [0.717, 1.165) is 12.0 Å². The maximum Gasteiger partial charge on any atom is 0.242 e. The molecule has 0 bridgehead atoms. The molecule has 1 aromatic carbocycles. The van der Waals surface area contributed by atoms with Crippen molar-refractivity contribution in [1.29, 1.82) is 0 Å². The van der Waals surface area contributed by atoms with Gasteiger partial charge in [0.05, 0.1) is 55.3 Å². The van der Waals surface area contributed by atoms with Crippen molar-refractivity contribution in [2.24, 2.45) is 17.8 Å². The number of hydrogen-bond donors (Lipinski definition) is 3. The van der Waals surface area contributed by atoms with Crippen molar-refractivity contribution in [1.82, 2.24) is 20.4 Å². The van der Waals surface area contributed by atoms with Crippen LogP contribution in [0.1, 0.15) is 78.4 Å². The predicted molar refractivity (Wildman–Crippen MR) is 171 cm³/mol. The summed E-state index contributed by atoms with van der Waals surface area (Å²) in [6, 6.07) is 7.94. The van der Waals surface area contributed by atoms with E-state index in [0.29, 0.717) is 19.3 Å². The van der Waals surface area contributed by atoms with Crippen LogP contribution < -0.4 is 10.6 Å². The van der Waals surface area contributed by atoms with Gasteiger partial charge in [0.1, 0.15) is 0 Å². The molecule has 2 aliphatic rings. The maximum absolute atomic E-state index is 13.9. The molecule has 4 amide bonds. The molecule has 2 heterocycles. The van der Waals surface area contributed by atoms with E-state index in [-0.39, 0.29) is 66.6 Å². The zero-order chi connectivity index (χ0) is 33.4. The van der Waals surface area contributed by atoms with Crippen molar-refractivity contribution in [3.05, 3.63) is 35.9 Å². The van der Waals surface area contributed by atoms with E-state index in [1.54, 1.807) is 40.0 Å². The molecule has 11 nitrogen and oxygen atoms in total. The first-order valence-corrected chi connectivity index (χ1v) is 16.2. The van der Waals surface area contributed by atoms with Gasteiger partial charge in [0.15, 0.2) is 0 Å². The molecular formula is C34H54N4O7. The molecule has 2 aliphatic heterocycles. The number of likely N-dealkylation sites (N-methyl/N-ethyl adjacent to an activating group) is 1. The number of rotatable bonds is 13. The van der Waals surface area contributed by atoms with Crippen LogP contribution in [-0.2, 0) is 28.7 Å². The number of nitrogens with one attached hydrogen (secondary N) is 2. The SMILES string of the molecule is CO[C@H]([C@@H](C)C(=O)N[C@H](C)[C@@H](O)c1ccccc1)[C@@H]1CCC2C[C@H](C)[C@H](N(C)C(=O)CNC(=O)CC(C)C)[C@H](OC)CC(=O)N21. The highest BCUT2D eigenvalue weighted by Crippen LogP contribution is 2.38. The molecule has 1 aromatic rings. The van der Waals surface area contributed by atoms with E-state index in [1.165, 1.54) is 0 Å². The molecule has 9 atom stereocenters. The summed E-state index contributed by atoms with van der Waals surface area (Å²) < 4.78 is 11.8. The lowest BCUT2D eigenvalue weighted by atomic mass is 9.85. The van der Waals surface area contributed by atoms with Gasteiger partial charge in [-0.1, -0.05) is 58.0 Å². The highest BCUT2D eigenvalue weighted by Gasteiger charge is 2.48. The van der Waals surface area contributed by atoms with Crippen LogP contribution in [0.25, 0.3) is 0 Å².